The SMILES string of the molecule is C[C@H](Oc1ccc(F)cc1)C(=O)OCC(=O)Nc1ccccc1SCC(N)=O. The minimum Gasteiger partial charge on any atom is -0.479 e. The van der Waals surface area contributed by atoms with E-state index in [4.69, 9.17) is 15.2 Å². The number of nitrogens with one attached hydrogen (secondary N) is 1. The Morgan fingerprint density at radius 3 is 2.50 bits per heavy atom. The molecular weight excluding hydrogens is 387 g/mol. The van der Waals surface area contributed by atoms with Gasteiger partial charge in [-0.15, -0.1) is 11.8 Å². The smallest absolute Gasteiger partial charge is 0.347 e. The van der Waals surface area contributed by atoms with E-state index in [1.807, 2.05) is 0 Å². The average molecular weight is 406 g/mol. The van der Waals surface area contributed by atoms with Gasteiger partial charge in [0.2, 0.25) is 5.91 Å². The van der Waals surface area contributed by atoms with Gasteiger partial charge < -0.3 is 20.5 Å². The van der Waals surface area contributed by atoms with E-state index in [9.17, 15) is 18.8 Å². The predicted octanol–water partition coefficient (Wildman–Crippen LogP) is 2.35. The van der Waals surface area contributed by atoms with Crippen molar-refractivity contribution in [3.63, 3.8) is 0 Å². The molecule has 0 aliphatic rings. The Labute approximate surface area is 165 Å². The minimum absolute atomic E-state index is 0.0696. The maximum absolute atomic E-state index is 12.9. The fourth-order valence-electron chi connectivity index (χ4n) is 2.05. The number of nitrogens with two attached hydrogens (primary N) is 1. The van der Waals surface area contributed by atoms with Crippen LogP contribution in [0.25, 0.3) is 0 Å². The Bertz CT molecular complexity index is 844. The van der Waals surface area contributed by atoms with Gasteiger partial charge in [-0.25, -0.2) is 9.18 Å². The van der Waals surface area contributed by atoms with Crippen LogP contribution < -0.4 is 15.8 Å². The van der Waals surface area contributed by atoms with Crippen LogP contribution in [0.2, 0.25) is 0 Å². The molecule has 3 N–H and O–H groups in total. The number of anilines is 1. The molecule has 2 rings (SSSR count). The normalized spacial score (nSPS) is 11.4. The molecule has 0 heterocycles. The van der Waals surface area contributed by atoms with Gasteiger partial charge in [0.15, 0.2) is 12.7 Å². The van der Waals surface area contributed by atoms with Crippen molar-refractivity contribution >= 4 is 35.2 Å². The topological polar surface area (TPSA) is 108 Å². The second kappa shape index (κ2) is 10.3. The van der Waals surface area contributed by atoms with E-state index in [2.05, 4.69) is 5.32 Å². The second-order valence-electron chi connectivity index (χ2n) is 5.62. The van der Waals surface area contributed by atoms with E-state index < -0.39 is 36.3 Å². The number of amides is 2. The molecule has 2 aromatic carbocycles. The number of esters is 1. The van der Waals surface area contributed by atoms with Crippen molar-refractivity contribution in [2.45, 2.75) is 17.9 Å². The van der Waals surface area contributed by atoms with Crippen LogP contribution in [-0.2, 0) is 19.1 Å². The average Bonchev–Trinajstić information content (AvgIpc) is 2.67. The largest absolute Gasteiger partial charge is 0.479 e. The van der Waals surface area contributed by atoms with E-state index in [0.717, 1.165) is 0 Å². The highest BCUT2D eigenvalue weighted by molar-refractivity contribution is 8.00. The molecule has 0 fully saturated rings. The molecule has 1 atom stereocenters. The lowest BCUT2D eigenvalue weighted by atomic mass is 10.3. The first-order valence-corrected chi connectivity index (χ1v) is 9.22. The van der Waals surface area contributed by atoms with E-state index in [1.165, 1.54) is 43.0 Å². The molecule has 2 aromatic rings. The molecule has 0 aliphatic carbocycles. The van der Waals surface area contributed by atoms with Crippen LogP contribution in [0.3, 0.4) is 0 Å². The number of hydrogen-bond donors (Lipinski definition) is 2. The summed E-state index contributed by atoms with van der Waals surface area (Å²) in [6.07, 6.45) is -0.975. The number of primary amides is 1. The van der Waals surface area contributed by atoms with Crippen molar-refractivity contribution < 1.29 is 28.2 Å². The van der Waals surface area contributed by atoms with E-state index >= 15 is 0 Å². The summed E-state index contributed by atoms with van der Waals surface area (Å²) >= 11 is 1.18. The molecule has 0 unspecified atom stereocenters. The number of carbonyl (C=O) groups is 3. The van der Waals surface area contributed by atoms with Gasteiger partial charge in [0, 0.05) is 4.90 Å². The molecule has 28 heavy (non-hydrogen) atoms. The van der Waals surface area contributed by atoms with Crippen molar-refractivity contribution in [2.24, 2.45) is 5.73 Å². The Morgan fingerprint density at radius 2 is 1.82 bits per heavy atom. The fourth-order valence-corrected chi connectivity index (χ4v) is 2.80. The Kier molecular flexibility index (Phi) is 7.82. The molecule has 148 valence electrons. The van der Waals surface area contributed by atoms with Crippen LogP contribution >= 0.6 is 11.8 Å². The summed E-state index contributed by atoms with van der Waals surface area (Å²) in [4.78, 5) is 35.6. The number of hydrogen-bond acceptors (Lipinski definition) is 6. The van der Waals surface area contributed by atoms with Gasteiger partial charge in [-0.1, -0.05) is 12.1 Å². The van der Waals surface area contributed by atoms with Crippen LogP contribution in [-0.4, -0.2) is 36.2 Å². The quantitative estimate of drug-likeness (QED) is 0.489. The van der Waals surface area contributed by atoms with Gasteiger partial charge in [-0.2, -0.15) is 0 Å². The third-order valence-electron chi connectivity index (χ3n) is 3.34. The highest BCUT2D eigenvalue weighted by Crippen LogP contribution is 2.26. The molecule has 0 radical (unpaired) electrons. The van der Waals surface area contributed by atoms with E-state index in [0.29, 0.717) is 16.3 Å². The Balaban J connectivity index is 1.84. The molecule has 0 saturated heterocycles. The summed E-state index contributed by atoms with van der Waals surface area (Å²) in [5.74, 6) is -1.81. The number of ether oxygens (including phenoxy) is 2. The van der Waals surface area contributed by atoms with Crippen LogP contribution in [0.4, 0.5) is 10.1 Å². The summed E-state index contributed by atoms with van der Waals surface area (Å²) in [6, 6.07) is 12.0. The summed E-state index contributed by atoms with van der Waals surface area (Å²) in [5.41, 5.74) is 5.61. The highest BCUT2D eigenvalue weighted by atomic mass is 32.2. The zero-order chi connectivity index (χ0) is 20.5. The molecule has 7 nitrogen and oxygen atoms in total. The molecule has 0 aliphatic heterocycles. The van der Waals surface area contributed by atoms with Crippen LogP contribution in [0.5, 0.6) is 5.75 Å². The van der Waals surface area contributed by atoms with Gasteiger partial charge >= 0.3 is 5.97 Å². The molecule has 0 spiro atoms. The lowest BCUT2D eigenvalue weighted by molar-refractivity contribution is -0.153. The molecule has 0 bridgehead atoms. The molecule has 2 amide bonds. The summed E-state index contributed by atoms with van der Waals surface area (Å²) in [6.45, 7) is 0.949. The van der Waals surface area contributed by atoms with Crippen LogP contribution in [0, 0.1) is 5.82 Å². The summed E-state index contributed by atoms with van der Waals surface area (Å²) in [7, 11) is 0. The summed E-state index contributed by atoms with van der Waals surface area (Å²) < 4.78 is 23.1. The Morgan fingerprint density at radius 1 is 1.14 bits per heavy atom. The first-order chi connectivity index (χ1) is 13.3. The third-order valence-corrected chi connectivity index (χ3v) is 4.43. The van der Waals surface area contributed by atoms with Gasteiger partial charge in [-0.3, -0.25) is 9.59 Å². The molecular formula is C19H19FN2O5S. The van der Waals surface area contributed by atoms with Crippen LogP contribution in [0.1, 0.15) is 6.92 Å². The number of thioether (sulfide) groups is 1. The van der Waals surface area contributed by atoms with Gasteiger partial charge in [0.05, 0.1) is 11.4 Å². The van der Waals surface area contributed by atoms with E-state index in [1.54, 1.807) is 24.3 Å². The van der Waals surface area contributed by atoms with Crippen molar-refractivity contribution in [2.75, 3.05) is 17.7 Å². The number of carbonyl (C=O) groups excluding carboxylic acids is 3. The highest BCUT2D eigenvalue weighted by Gasteiger charge is 2.18. The maximum Gasteiger partial charge on any atom is 0.347 e. The van der Waals surface area contributed by atoms with Crippen LogP contribution in [0.15, 0.2) is 53.4 Å². The van der Waals surface area contributed by atoms with Crippen molar-refractivity contribution in [1.82, 2.24) is 0 Å². The minimum atomic E-state index is -0.975. The molecule has 0 saturated carbocycles. The summed E-state index contributed by atoms with van der Waals surface area (Å²) in [5, 5.41) is 2.61. The lowest BCUT2D eigenvalue weighted by Gasteiger charge is -2.14. The van der Waals surface area contributed by atoms with E-state index in [-0.39, 0.29) is 5.75 Å². The fraction of sp³-hybridized carbons (Fsp3) is 0.211. The maximum atomic E-state index is 12.9. The van der Waals surface area contributed by atoms with Gasteiger partial charge in [-0.05, 0) is 43.3 Å². The number of rotatable bonds is 9. The number of benzene rings is 2. The first-order valence-electron chi connectivity index (χ1n) is 8.24. The Hall–Kier alpha value is -3.07. The number of halogens is 1. The third kappa shape index (κ3) is 6.92. The van der Waals surface area contributed by atoms with Gasteiger partial charge in [0.1, 0.15) is 11.6 Å². The van der Waals surface area contributed by atoms with Crippen molar-refractivity contribution in [3.05, 3.63) is 54.3 Å². The zero-order valence-electron chi connectivity index (χ0n) is 15.0. The zero-order valence-corrected chi connectivity index (χ0v) is 15.8. The number of para-hydroxylation sites is 1. The standard InChI is InChI=1S/C19H19FN2O5S/c1-12(27-14-8-6-13(20)7-9-14)19(25)26-10-18(24)22-15-4-2-3-5-16(15)28-11-17(21)23/h2-9,12H,10-11H2,1H3,(H2,21,23)(H,22,24)/t12-/m0/s1. The van der Waals surface area contributed by atoms with Crippen molar-refractivity contribution in [1.29, 1.82) is 0 Å². The van der Waals surface area contributed by atoms with Crippen molar-refractivity contribution in [3.8, 4) is 5.75 Å². The molecule has 0 aromatic heterocycles. The van der Waals surface area contributed by atoms with Gasteiger partial charge in [0.25, 0.3) is 5.91 Å². The predicted molar refractivity (Wildman–Crippen MR) is 102 cm³/mol. The monoisotopic (exact) mass is 406 g/mol. The molecule has 9 heteroatoms. The lowest BCUT2D eigenvalue weighted by Crippen LogP contribution is -2.29. The first kappa shape index (κ1) is 21.2. The second-order valence-corrected chi connectivity index (χ2v) is 6.64.